The smallest absolute Gasteiger partial charge is 0.303 e. The first-order chi connectivity index (χ1) is 10.6. The van der Waals surface area contributed by atoms with Crippen LogP contribution in [-0.2, 0) is 33.2 Å². The molecule has 0 radical (unpaired) electrons. The van der Waals surface area contributed by atoms with Crippen LogP contribution in [0.15, 0.2) is 12.2 Å². The van der Waals surface area contributed by atoms with E-state index in [1.165, 1.54) is 14.0 Å². The van der Waals surface area contributed by atoms with Crippen molar-refractivity contribution in [2.45, 2.75) is 54.0 Å². The molecule has 7 nitrogen and oxygen atoms in total. The van der Waals surface area contributed by atoms with Gasteiger partial charge in [0.2, 0.25) is 15.9 Å². The average Bonchev–Trinajstić information content (AvgIpc) is 3.05. The summed E-state index contributed by atoms with van der Waals surface area (Å²) in [7, 11) is 1.48. The largest absolute Gasteiger partial charge is 0.453 e. The summed E-state index contributed by atoms with van der Waals surface area (Å²) >= 11 is 17.3. The molecular weight excluding hydrogens is 374 g/mol. The highest BCUT2D eigenvalue weighted by Gasteiger charge is 2.67. The van der Waals surface area contributed by atoms with Crippen LogP contribution in [-0.4, -0.2) is 53.2 Å². The van der Waals surface area contributed by atoms with E-state index in [0.29, 0.717) is 0 Å². The summed E-state index contributed by atoms with van der Waals surface area (Å²) in [6, 6.07) is 0. The summed E-state index contributed by atoms with van der Waals surface area (Å²) in [5.74, 6) is -2.97. The predicted octanol–water partition coefficient (Wildman–Crippen LogP) is 2.03. The number of halogens is 3. The van der Waals surface area contributed by atoms with Crippen molar-refractivity contribution in [2.24, 2.45) is 0 Å². The maximum atomic E-state index is 11.5. The Kier molecular flexibility index (Phi) is 4.39. The lowest BCUT2D eigenvalue weighted by atomic mass is 10.1. The van der Waals surface area contributed by atoms with E-state index in [9.17, 15) is 4.79 Å². The molecule has 0 aromatic rings. The molecule has 3 aliphatic rings. The molecule has 1 spiro atoms. The molecule has 5 unspecified atom stereocenters. The molecule has 23 heavy (non-hydrogen) atoms. The Balaban J connectivity index is 1.85. The number of carbonyl (C=O) groups is 1. The second-order valence-electron chi connectivity index (χ2n) is 5.50. The number of ether oxygens (including phenoxy) is 6. The lowest BCUT2D eigenvalue weighted by molar-refractivity contribution is -0.332. The fourth-order valence-corrected chi connectivity index (χ4v) is 2.99. The monoisotopic (exact) mass is 388 g/mol. The van der Waals surface area contributed by atoms with E-state index >= 15 is 0 Å². The van der Waals surface area contributed by atoms with Gasteiger partial charge in [-0.15, -0.1) is 0 Å². The third-order valence-electron chi connectivity index (χ3n) is 3.75. The minimum absolute atomic E-state index is 0.539. The third-order valence-corrected chi connectivity index (χ3v) is 4.28. The first kappa shape index (κ1) is 17.7. The van der Waals surface area contributed by atoms with Crippen LogP contribution in [0.5, 0.6) is 0 Å². The number of alkyl halides is 3. The standard InChI is InChI=1S/C13H15Cl3O7/c1-6(17)19-8-7-9(21-10(20-7)13(14,15)16)22-12(8)5-4-11(2,18-3)23-12/h4-5,7-10H,1-3H3/t7?,8?,9?,10?,11?,12-/m0/s1. The van der Waals surface area contributed by atoms with Gasteiger partial charge in [-0.3, -0.25) is 4.79 Å². The van der Waals surface area contributed by atoms with Crippen molar-refractivity contribution < 1.29 is 33.2 Å². The number of carbonyl (C=O) groups excluding carboxylic acids is 1. The minimum atomic E-state index is -1.81. The molecule has 0 aliphatic carbocycles. The second-order valence-corrected chi connectivity index (χ2v) is 7.87. The summed E-state index contributed by atoms with van der Waals surface area (Å²) in [6.07, 6.45) is -0.601. The summed E-state index contributed by atoms with van der Waals surface area (Å²) < 4.78 is 31.4. The molecule has 2 saturated heterocycles. The number of rotatable bonds is 2. The summed E-state index contributed by atoms with van der Waals surface area (Å²) in [5.41, 5.74) is 0. The van der Waals surface area contributed by atoms with Crippen molar-refractivity contribution >= 4 is 40.8 Å². The van der Waals surface area contributed by atoms with Crippen molar-refractivity contribution in [1.82, 2.24) is 0 Å². The zero-order valence-electron chi connectivity index (χ0n) is 12.5. The number of hydrogen-bond acceptors (Lipinski definition) is 7. The van der Waals surface area contributed by atoms with Crippen LogP contribution >= 0.6 is 34.8 Å². The quantitative estimate of drug-likeness (QED) is 0.406. The molecule has 0 bridgehead atoms. The topological polar surface area (TPSA) is 72.5 Å². The number of hydrogen-bond donors (Lipinski definition) is 0. The van der Waals surface area contributed by atoms with Gasteiger partial charge in [-0.25, -0.2) is 0 Å². The molecular formula is C13H15Cl3O7. The van der Waals surface area contributed by atoms with Crippen LogP contribution in [0.1, 0.15) is 13.8 Å². The van der Waals surface area contributed by atoms with Crippen LogP contribution in [0.25, 0.3) is 0 Å². The van der Waals surface area contributed by atoms with Gasteiger partial charge in [0.15, 0.2) is 24.3 Å². The van der Waals surface area contributed by atoms with Crippen molar-refractivity contribution in [3.8, 4) is 0 Å². The zero-order valence-corrected chi connectivity index (χ0v) is 14.7. The molecule has 6 atom stereocenters. The van der Waals surface area contributed by atoms with Gasteiger partial charge >= 0.3 is 5.97 Å². The Hall–Kier alpha value is -0.120. The van der Waals surface area contributed by atoms with Crippen LogP contribution in [0, 0.1) is 0 Å². The number of esters is 1. The zero-order chi connectivity index (χ0) is 17.0. The summed E-state index contributed by atoms with van der Waals surface area (Å²) in [6.45, 7) is 2.95. The SMILES string of the molecule is COC1(C)C=C[C@]2(OC3OC(C(Cl)(Cl)Cl)OC3C2OC(C)=O)O1. The van der Waals surface area contributed by atoms with Gasteiger partial charge in [0.25, 0.3) is 0 Å². The lowest BCUT2D eigenvalue weighted by Gasteiger charge is -2.34. The molecule has 0 saturated carbocycles. The van der Waals surface area contributed by atoms with E-state index in [-0.39, 0.29) is 0 Å². The summed E-state index contributed by atoms with van der Waals surface area (Å²) in [5, 5.41) is 0. The highest BCUT2D eigenvalue weighted by molar-refractivity contribution is 6.67. The highest BCUT2D eigenvalue weighted by Crippen LogP contribution is 2.50. The van der Waals surface area contributed by atoms with Crippen molar-refractivity contribution in [3.05, 3.63) is 12.2 Å². The van der Waals surface area contributed by atoms with E-state index in [0.717, 1.165) is 0 Å². The second kappa shape index (κ2) is 5.71. The minimum Gasteiger partial charge on any atom is -0.453 e. The molecule has 2 fully saturated rings. The maximum Gasteiger partial charge on any atom is 0.303 e. The molecule has 130 valence electrons. The molecule has 10 heteroatoms. The first-order valence-electron chi connectivity index (χ1n) is 6.77. The van der Waals surface area contributed by atoms with E-state index in [1.54, 1.807) is 19.1 Å². The Bertz CT molecular complexity index is 536. The van der Waals surface area contributed by atoms with Gasteiger partial charge in [0.1, 0.15) is 0 Å². The normalized spacial score (nSPS) is 45.7. The van der Waals surface area contributed by atoms with Crippen molar-refractivity contribution in [3.63, 3.8) is 0 Å². The fraction of sp³-hybridized carbons (Fsp3) is 0.769. The fourth-order valence-electron chi connectivity index (χ4n) is 2.69. The van der Waals surface area contributed by atoms with E-state index < -0.39 is 46.1 Å². The molecule has 0 aromatic heterocycles. The van der Waals surface area contributed by atoms with Gasteiger partial charge in [-0.2, -0.15) is 0 Å². The Morgan fingerprint density at radius 1 is 1.26 bits per heavy atom. The first-order valence-corrected chi connectivity index (χ1v) is 7.90. The Morgan fingerprint density at radius 3 is 2.48 bits per heavy atom. The Morgan fingerprint density at radius 2 is 1.96 bits per heavy atom. The van der Waals surface area contributed by atoms with Crippen LogP contribution in [0.2, 0.25) is 0 Å². The molecule has 3 rings (SSSR count). The van der Waals surface area contributed by atoms with Gasteiger partial charge in [0, 0.05) is 14.0 Å². The predicted molar refractivity (Wildman–Crippen MR) is 78.8 cm³/mol. The third kappa shape index (κ3) is 3.09. The maximum absolute atomic E-state index is 11.5. The van der Waals surface area contributed by atoms with Crippen molar-refractivity contribution in [1.29, 1.82) is 0 Å². The van der Waals surface area contributed by atoms with E-state index in [4.69, 9.17) is 63.2 Å². The van der Waals surface area contributed by atoms with Gasteiger partial charge in [-0.1, -0.05) is 34.8 Å². The van der Waals surface area contributed by atoms with Crippen molar-refractivity contribution in [2.75, 3.05) is 7.11 Å². The van der Waals surface area contributed by atoms with E-state index in [2.05, 4.69) is 0 Å². The molecule has 0 amide bonds. The molecule has 3 heterocycles. The molecule has 0 N–H and O–H groups in total. The van der Waals surface area contributed by atoms with Crippen LogP contribution < -0.4 is 0 Å². The number of methoxy groups -OCH3 is 1. The molecule has 3 aliphatic heterocycles. The van der Waals surface area contributed by atoms with E-state index in [1.807, 2.05) is 0 Å². The molecule has 0 aromatic carbocycles. The van der Waals surface area contributed by atoms with Crippen LogP contribution in [0.3, 0.4) is 0 Å². The summed E-state index contributed by atoms with van der Waals surface area (Å²) in [4.78, 5) is 11.5. The average molecular weight is 390 g/mol. The van der Waals surface area contributed by atoms with Gasteiger partial charge in [0.05, 0.1) is 0 Å². The van der Waals surface area contributed by atoms with Gasteiger partial charge < -0.3 is 28.4 Å². The van der Waals surface area contributed by atoms with Gasteiger partial charge in [-0.05, 0) is 19.1 Å². The van der Waals surface area contributed by atoms with Crippen LogP contribution in [0.4, 0.5) is 0 Å². The highest BCUT2D eigenvalue weighted by atomic mass is 35.6. The Labute approximate surface area is 147 Å². The lowest BCUT2D eigenvalue weighted by Crippen LogP contribution is -2.49. The number of fused-ring (bicyclic) bond motifs is 1.